The molecule has 2 heterocycles. The normalized spacial score (nSPS) is 11.2. The second-order valence-corrected chi connectivity index (χ2v) is 8.08. The van der Waals surface area contributed by atoms with E-state index in [-0.39, 0.29) is 17.2 Å². The van der Waals surface area contributed by atoms with E-state index in [1.54, 1.807) is 6.07 Å². The predicted octanol–water partition coefficient (Wildman–Crippen LogP) is 4.53. The number of nitrogens with zero attached hydrogens (tertiary/aromatic N) is 4. The van der Waals surface area contributed by atoms with Gasteiger partial charge in [0.2, 0.25) is 0 Å². The van der Waals surface area contributed by atoms with E-state index in [0.717, 1.165) is 27.7 Å². The standard InChI is InChI=1S/C21H19N5O3S/c1-12-6-16-7-14(4-5-19(16)25(12)3)15-8-17(10-18(9-15)26(28)29)20-22-21(24-23-20)30-11-13(2)27/h4-10H,11H2,1-3H3,(H,22,23,24). The Morgan fingerprint density at radius 1 is 1.13 bits per heavy atom. The molecule has 4 rings (SSSR count). The minimum atomic E-state index is -0.417. The Kier molecular flexibility index (Phi) is 5.13. The van der Waals surface area contributed by atoms with E-state index >= 15 is 0 Å². The number of nitrogens with one attached hydrogen (secondary N) is 1. The van der Waals surface area contributed by atoms with Crippen LogP contribution in [0.2, 0.25) is 0 Å². The maximum atomic E-state index is 11.5. The number of carbonyl (C=O) groups is 1. The van der Waals surface area contributed by atoms with E-state index in [4.69, 9.17) is 0 Å². The number of nitro benzene ring substituents is 1. The van der Waals surface area contributed by atoms with Gasteiger partial charge >= 0.3 is 0 Å². The van der Waals surface area contributed by atoms with Crippen molar-refractivity contribution in [1.82, 2.24) is 19.7 Å². The number of carbonyl (C=O) groups excluding carboxylic acids is 1. The molecule has 0 aliphatic heterocycles. The third kappa shape index (κ3) is 3.84. The Bertz CT molecular complexity index is 1290. The number of thioether (sulfide) groups is 1. The third-order valence-electron chi connectivity index (χ3n) is 4.90. The average molecular weight is 421 g/mol. The first kappa shape index (κ1) is 19.8. The first-order valence-electron chi connectivity index (χ1n) is 9.23. The maximum Gasteiger partial charge on any atom is 0.270 e. The van der Waals surface area contributed by atoms with Gasteiger partial charge in [0.25, 0.3) is 5.69 Å². The summed E-state index contributed by atoms with van der Waals surface area (Å²) in [5.41, 5.74) is 4.37. The van der Waals surface area contributed by atoms with Gasteiger partial charge in [-0.05, 0) is 49.2 Å². The first-order valence-corrected chi connectivity index (χ1v) is 10.2. The van der Waals surface area contributed by atoms with Crippen molar-refractivity contribution in [1.29, 1.82) is 0 Å². The molecular formula is C21H19N5O3S. The fourth-order valence-corrected chi connectivity index (χ4v) is 3.91. The van der Waals surface area contributed by atoms with Crippen molar-refractivity contribution in [3.05, 3.63) is 58.3 Å². The highest BCUT2D eigenvalue weighted by Crippen LogP contribution is 2.32. The number of benzene rings is 2. The topological polar surface area (TPSA) is 107 Å². The highest BCUT2D eigenvalue weighted by molar-refractivity contribution is 7.99. The Morgan fingerprint density at radius 2 is 1.90 bits per heavy atom. The van der Waals surface area contributed by atoms with Crippen LogP contribution in [0.4, 0.5) is 5.69 Å². The Morgan fingerprint density at radius 3 is 2.63 bits per heavy atom. The monoisotopic (exact) mass is 421 g/mol. The molecule has 4 aromatic rings. The van der Waals surface area contributed by atoms with E-state index in [1.807, 2.05) is 38.2 Å². The van der Waals surface area contributed by atoms with Gasteiger partial charge in [0, 0.05) is 41.3 Å². The van der Waals surface area contributed by atoms with Gasteiger partial charge in [0.1, 0.15) is 5.78 Å². The van der Waals surface area contributed by atoms with Crippen LogP contribution in [0.3, 0.4) is 0 Å². The van der Waals surface area contributed by atoms with Crippen molar-refractivity contribution in [2.45, 2.75) is 19.0 Å². The lowest BCUT2D eigenvalue weighted by Gasteiger charge is -2.06. The number of ketones is 1. The van der Waals surface area contributed by atoms with Gasteiger partial charge in [-0.2, -0.15) is 0 Å². The number of aryl methyl sites for hydroxylation is 2. The number of aromatic nitrogens is 4. The number of nitro groups is 1. The number of fused-ring (bicyclic) bond motifs is 1. The molecule has 9 heteroatoms. The SMILES string of the molecule is CC(=O)CSc1nnc(-c2cc(-c3ccc4c(c3)cc(C)n4C)cc([N+](=O)[O-])c2)[nH]1. The molecule has 2 aromatic carbocycles. The van der Waals surface area contributed by atoms with Crippen LogP contribution in [0.1, 0.15) is 12.6 Å². The summed E-state index contributed by atoms with van der Waals surface area (Å²) in [5.74, 6) is 0.732. The minimum Gasteiger partial charge on any atom is -0.348 e. The molecule has 8 nitrogen and oxygen atoms in total. The van der Waals surface area contributed by atoms with Crippen molar-refractivity contribution < 1.29 is 9.72 Å². The molecule has 0 saturated carbocycles. The number of hydrogen-bond acceptors (Lipinski definition) is 6. The van der Waals surface area contributed by atoms with Gasteiger partial charge in [0.15, 0.2) is 11.0 Å². The van der Waals surface area contributed by atoms with Crippen LogP contribution in [0.5, 0.6) is 0 Å². The van der Waals surface area contributed by atoms with Crippen molar-refractivity contribution in [2.75, 3.05) is 5.75 Å². The average Bonchev–Trinajstić information content (AvgIpc) is 3.30. The molecule has 30 heavy (non-hydrogen) atoms. The zero-order valence-corrected chi connectivity index (χ0v) is 17.5. The third-order valence-corrected chi connectivity index (χ3v) is 5.90. The van der Waals surface area contributed by atoms with E-state index in [1.165, 1.54) is 24.8 Å². The van der Waals surface area contributed by atoms with Gasteiger partial charge in [-0.1, -0.05) is 17.8 Å². The zero-order chi connectivity index (χ0) is 21.4. The molecule has 0 unspecified atom stereocenters. The fraction of sp³-hybridized carbons (Fsp3) is 0.190. The van der Waals surface area contributed by atoms with Crippen molar-refractivity contribution in [3.8, 4) is 22.5 Å². The van der Waals surface area contributed by atoms with Crippen molar-refractivity contribution in [3.63, 3.8) is 0 Å². The molecule has 0 amide bonds. The van der Waals surface area contributed by atoms with E-state index in [2.05, 4.69) is 25.8 Å². The van der Waals surface area contributed by atoms with Gasteiger partial charge in [0.05, 0.1) is 10.7 Å². The highest BCUT2D eigenvalue weighted by atomic mass is 32.2. The van der Waals surface area contributed by atoms with E-state index < -0.39 is 4.92 Å². The van der Waals surface area contributed by atoms with Gasteiger partial charge in [-0.25, -0.2) is 0 Å². The molecule has 0 aliphatic carbocycles. The Hall–Kier alpha value is -3.46. The van der Waals surface area contributed by atoms with Crippen LogP contribution in [0, 0.1) is 17.0 Å². The summed E-state index contributed by atoms with van der Waals surface area (Å²) in [4.78, 5) is 25.3. The van der Waals surface area contributed by atoms with Gasteiger partial charge in [-0.15, -0.1) is 10.2 Å². The molecular weight excluding hydrogens is 402 g/mol. The quantitative estimate of drug-likeness (QED) is 0.278. The Balaban J connectivity index is 1.77. The second-order valence-electron chi connectivity index (χ2n) is 7.11. The van der Waals surface area contributed by atoms with Crippen LogP contribution < -0.4 is 0 Å². The van der Waals surface area contributed by atoms with Gasteiger partial charge < -0.3 is 9.55 Å². The molecule has 0 saturated heterocycles. The first-order chi connectivity index (χ1) is 14.3. The number of H-pyrrole nitrogens is 1. The summed E-state index contributed by atoms with van der Waals surface area (Å²) in [6.45, 7) is 3.54. The van der Waals surface area contributed by atoms with Crippen LogP contribution in [-0.2, 0) is 11.8 Å². The summed E-state index contributed by atoms with van der Waals surface area (Å²) in [6.07, 6.45) is 0. The number of hydrogen-bond donors (Lipinski definition) is 1. The lowest BCUT2D eigenvalue weighted by molar-refractivity contribution is -0.384. The molecule has 152 valence electrons. The minimum absolute atomic E-state index is 0.0267. The van der Waals surface area contributed by atoms with E-state index in [0.29, 0.717) is 16.5 Å². The summed E-state index contributed by atoms with van der Waals surface area (Å²) in [5, 5.41) is 21.2. The molecule has 0 fully saturated rings. The van der Waals surface area contributed by atoms with Gasteiger partial charge in [-0.3, -0.25) is 14.9 Å². The smallest absolute Gasteiger partial charge is 0.270 e. The van der Waals surface area contributed by atoms with Crippen molar-refractivity contribution in [2.24, 2.45) is 7.05 Å². The number of non-ortho nitro benzene ring substituents is 1. The molecule has 0 bridgehead atoms. The largest absolute Gasteiger partial charge is 0.348 e. The lowest BCUT2D eigenvalue weighted by atomic mass is 10.0. The summed E-state index contributed by atoms with van der Waals surface area (Å²) in [7, 11) is 2.01. The lowest BCUT2D eigenvalue weighted by Crippen LogP contribution is -1.93. The number of Topliss-reactive ketones (excluding diaryl/α,β-unsaturated/α-hetero) is 1. The zero-order valence-electron chi connectivity index (χ0n) is 16.7. The summed E-state index contributed by atoms with van der Waals surface area (Å²) < 4.78 is 2.10. The molecule has 0 atom stereocenters. The molecule has 0 spiro atoms. The maximum absolute atomic E-state index is 11.5. The fourth-order valence-electron chi connectivity index (χ4n) is 3.30. The molecule has 2 aromatic heterocycles. The second kappa shape index (κ2) is 7.75. The van der Waals surface area contributed by atoms with E-state index in [9.17, 15) is 14.9 Å². The Labute approximate surface area is 176 Å². The van der Waals surface area contributed by atoms with Crippen LogP contribution in [-0.4, -0.2) is 36.2 Å². The molecule has 1 N–H and O–H groups in total. The molecule has 0 aliphatic rings. The molecule has 0 radical (unpaired) electrons. The van der Waals surface area contributed by atoms with Crippen molar-refractivity contribution >= 4 is 34.1 Å². The summed E-state index contributed by atoms with van der Waals surface area (Å²) >= 11 is 1.25. The van der Waals surface area contributed by atoms with Crippen LogP contribution >= 0.6 is 11.8 Å². The number of rotatable bonds is 6. The highest BCUT2D eigenvalue weighted by Gasteiger charge is 2.16. The van der Waals surface area contributed by atoms with Crippen LogP contribution in [0.15, 0.2) is 47.6 Å². The van der Waals surface area contributed by atoms with Crippen LogP contribution in [0.25, 0.3) is 33.4 Å². The summed E-state index contributed by atoms with van der Waals surface area (Å²) in [6, 6.07) is 13.0. The number of aromatic amines is 1. The predicted molar refractivity (Wildman–Crippen MR) is 117 cm³/mol.